The molecule has 0 spiro atoms. The minimum atomic E-state index is -1.11. The molecule has 1 saturated heterocycles. The van der Waals surface area contributed by atoms with Crippen molar-refractivity contribution in [2.24, 2.45) is 0 Å². The highest BCUT2D eigenvalue weighted by atomic mass is 19.1. The molecule has 2 aromatic rings. The van der Waals surface area contributed by atoms with E-state index in [1.54, 1.807) is 0 Å². The second-order valence-electron chi connectivity index (χ2n) is 10.1. The Hall–Kier alpha value is -3.04. The van der Waals surface area contributed by atoms with Gasteiger partial charge in [-0.3, -0.25) is 4.79 Å². The smallest absolute Gasteiger partial charge is 0.407 e. The number of hydrogen-bond donors (Lipinski definition) is 4. The van der Waals surface area contributed by atoms with Crippen molar-refractivity contribution in [3.05, 3.63) is 70.8 Å². The lowest BCUT2D eigenvalue weighted by Gasteiger charge is -2.40. The topological polar surface area (TPSA) is 99.7 Å². The van der Waals surface area contributed by atoms with Gasteiger partial charge in [0, 0.05) is 26.1 Å². The van der Waals surface area contributed by atoms with Gasteiger partial charge in [0.25, 0.3) is 0 Å². The molecule has 2 amide bonds. The van der Waals surface area contributed by atoms with E-state index in [4.69, 9.17) is 4.74 Å². The zero-order chi connectivity index (χ0) is 25.8. The molecule has 0 aromatic heterocycles. The van der Waals surface area contributed by atoms with E-state index < -0.39 is 35.4 Å². The number of cyclic esters (lactones) is 1. The fraction of sp³-hybridized carbons (Fsp3) is 0.462. The van der Waals surface area contributed by atoms with Crippen molar-refractivity contribution in [2.75, 3.05) is 19.7 Å². The van der Waals surface area contributed by atoms with Crippen LogP contribution in [0.25, 0.3) is 0 Å². The average Bonchev–Trinajstić information content (AvgIpc) is 2.77. The number of rotatable bonds is 8. The summed E-state index contributed by atoms with van der Waals surface area (Å²) in [7, 11) is 0. The third-order valence-corrected chi connectivity index (χ3v) is 6.15. The van der Waals surface area contributed by atoms with Crippen LogP contribution in [0.5, 0.6) is 0 Å². The van der Waals surface area contributed by atoms with Gasteiger partial charge in [-0.25, -0.2) is 13.6 Å². The van der Waals surface area contributed by atoms with Crippen LogP contribution in [-0.4, -0.2) is 48.9 Å². The highest BCUT2D eigenvalue weighted by Gasteiger charge is 2.39. The first kappa shape index (κ1) is 26.6. The van der Waals surface area contributed by atoms with Crippen molar-refractivity contribution in [3.63, 3.8) is 0 Å². The zero-order valence-corrected chi connectivity index (χ0v) is 20.5. The first-order valence-corrected chi connectivity index (χ1v) is 11.5. The Morgan fingerprint density at radius 2 is 1.89 bits per heavy atom. The van der Waals surface area contributed by atoms with E-state index in [9.17, 15) is 23.5 Å². The van der Waals surface area contributed by atoms with Gasteiger partial charge < -0.3 is 25.8 Å². The Balaban J connectivity index is 1.83. The molecule has 7 nitrogen and oxygen atoms in total. The molecule has 3 unspecified atom stereocenters. The quantitative estimate of drug-likeness (QED) is 0.457. The predicted octanol–water partition coefficient (Wildman–Crippen LogP) is 2.90. The summed E-state index contributed by atoms with van der Waals surface area (Å²) in [4.78, 5) is 23.5. The number of ether oxygens (including phenoxy) is 1. The molecule has 190 valence electrons. The zero-order valence-electron chi connectivity index (χ0n) is 20.5. The molecule has 1 aliphatic heterocycles. The van der Waals surface area contributed by atoms with Crippen molar-refractivity contribution in [1.82, 2.24) is 16.0 Å². The lowest BCUT2D eigenvalue weighted by Crippen LogP contribution is -2.61. The molecular weight excluding hydrogens is 456 g/mol. The van der Waals surface area contributed by atoms with Gasteiger partial charge in [0.1, 0.15) is 18.2 Å². The molecule has 1 aliphatic rings. The van der Waals surface area contributed by atoms with Crippen LogP contribution in [0.3, 0.4) is 0 Å². The van der Waals surface area contributed by atoms with Gasteiger partial charge in [-0.15, -0.1) is 0 Å². The van der Waals surface area contributed by atoms with Crippen LogP contribution in [-0.2, 0) is 26.9 Å². The summed E-state index contributed by atoms with van der Waals surface area (Å²) in [6.45, 7) is 7.89. The number of carbonyl (C=O) groups excluding carboxylic acids is 2. The van der Waals surface area contributed by atoms with Crippen molar-refractivity contribution in [1.29, 1.82) is 0 Å². The first-order chi connectivity index (χ1) is 16.4. The lowest BCUT2D eigenvalue weighted by molar-refractivity contribution is -0.120. The van der Waals surface area contributed by atoms with Gasteiger partial charge in [0.15, 0.2) is 0 Å². The Kier molecular flexibility index (Phi) is 8.12. The van der Waals surface area contributed by atoms with Crippen molar-refractivity contribution < 1.29 is 28.2 Å². The molecule has 4 N–H and O–H groups in total. The molecular formula is C26H33F2N3O4. The number of alkyl carbamates (subject to hydrolysis) is 1. The summed E-state index contributed by atoms with van der Waals surface area (Å²) in [5.41, 5.74) is 1.34. The molecule has 2 aromatic carbocycles. The highest BCUT2D eigenvalue weighted by molar-refractivity contribution is 5.73. The molecule has 0 bridgehead atoms. The lowest BCUT2D eigenvalue weighted by atomic mass is 9.82. The van der Waals surface area contributed by atoms with Crippen LogP contribution in [0.2, 0.25) is 0 Å². The fourth-order valence-corrected chi connectivity index (χ4v) is 4.17. The van der Waals surface area contributed by atoms with Gasteiger partial charge in [0.05, 0.1) is 17.7 Å². The predicted molar refractivity (Wildman–Crippen MR) is 128 cm³/mol. The normalized spacial score (nSPS) is 19.9. The monoisotopic (exact) mass is 489 g/mol. The number of halogens is 2. The molecule has 3 atom stereocenters. The van der Waals surface area contributed by atoms with E-state index in [0.29, 0.717) is 5.56 Å². The molecule has 35 heavy (non-hydrogen) atoms. The molecule has 3 rings (SSSR count). The van der Waals surface area contributed by atoms with Crippen molar-refractivity contribution in [2.45, 2.75) is 57.2 Å². The highest BCUT2D eigenvalue weighted by Crippen LogP contribution is 2.29. The second kappa shape index (κ2) is 10.7. The van der Waals surface area contributed by atoms with E-state index in [-0.39, 0.29) is 37.4 Å². The second-order valence-corrected chi connectivity index (χ2v) is 10.1. The van der Waals surface area contributed by atoms with Gasteiger partial charge in [-0.05, 0) is 40.7 Å². The maximum absolute atomic E-state index is 13.7. The average molecular weight is 490 g/mol. The number of hydrogen-bond acceptors (Lipinski definition) is 5. The van der Waals surface area contributed by atoms with E-state index >= 15 is 0 Å². The van der Waals surface area contributed by atoms with Crippen LogP contribution in [0.15, 0.2) is 42.5 Å². The fourth-order valence-electron chi connectivity index (χ4n) is 4.17. The minimum Gasteiger partial charge on any atom is -0.447 e. The standard InChI is InChI=1S/C26H33F2N3O4/c1-16(32)31-22(10-17-8-20(27)12-21(28)9-17)23(33)13-30-26(14-29-24(34)35-15-26)19-7-5-6-18(11-19)25(2,3)4/h5-9,11-12,22-23,30,33H,10,13-15H2,1-4H3,(H,29,34)(H,31,32). The van der Waals surface area contributed by atoms with Crippen LogP contribution >= 0.6 is 0 Å². The summed E-state index contributed by atoms with van der Waals surface area (Å²) >= 11 is 0. The number of benzene rings is 2. The number of nitrogens with one attached hydrogen (secondary N) is 3. The SMILES string of the molecule is CC(=O)NC(Cc1cc(F)cc(F)c1)C(O)CNC1(c2cccc(C(C)(C)C)c2)CNC(=O)OC1. The Bertz CT molecular complexity index is 1040. The number of amides is 2. The molecule has 1 fully saturated rings. The van der Waals surface area contributed by atoms with E-state index in [1.807, 2.05) is 24.3 Å². The molecule has 0 saturated carbocycles. The molecule has 9 heteroatoms. The first-order valence-electron chi connectivity index (χ1n) is 11.5. The third kappa shape index (κ3) is 6.99. The van der Waals surface area contributed by atoms with E-state index in [0.717, 1.165) is 17.2 Å². The van der Waals surface area contributed by atoms with Crippen molar-refractivity contribution >= 4 is 12.0 Å². The Labute approximate surface area is 204 Å². The number of aliphatic hydroxyl groups excluding tert-OH is 1. The number of aliphatic hydroxyl groups is 1. The van der Waals surface area contributed by atoms with E-state index in [2.05, 4.69) is 36.7 Å². The van der Waals surface area contributed by atoms with Crippen LogP contribution < -0.4 is 16.0 Å². The van der Waals surface area contributed by atoms with Crippen molar-refractivity contribution in [3.8, 4) is 0 Å². The summed E-state index contributed by atoms with van der Waals surface area (Å²) < 4.78 is 32.6. The van der Waals surface area contributed by atoms with Gasteiger partial charge in [-0.2, -0.15) is 0 Å². The largest absolute Gasteiger partial charge is 0.447 e. The van der Waals surface area contributed by atoms with Crippen LogP contribution in [0, 0.1) is 11.6 Å². The molecule has 0 aliphatic carbocycles. The van der Waals surface area contributed by atoms with Gasteiger partial charge >= 0.3 is 6.09 Å². The minimum absolute atomic E-state index is 0.0156. The van der Waals surface area contributed by atoms with E-state index in [1.165, 1.54) is 19.1 Å². The molecule has 1 heterocycles. The summed E-state index contributed by atoms with van der Waals surface area (Å²) in [5, 5.41) is 19.7. The molecule has 0 radical (unpaired) electrons. The van der Waals surface area contributed by atoms with Crippen LogP contribution in [0.4, 0.5) is 13.6 Å². The summed E-state index contributed by atoms with van der Waals surface area (Å²) in [5.74, 6) is -1.85. The maximum atomic E-state index is 13.7. The number of carbonyl (C=O) groups is 2. The van der Waals surface area contributed by atoms with Gasteiger partial charge in [0.2, 0.25) is 5.91 Å². The summed E-state index contributed by atoms with van der Waals surface area (Å²) in [6.07, 6.45) is -1.61. The Morgan fingerprint density at radius 1 is 1.20 bits per heavy atom. The summed E-state index contributed by atoms with van der Waals surface area (Å²) in [6, 6.07) is 10.2. The third-order valence-electron chi connectivity index (χ3n) is 6.15. The van der Waals surface area contributed by atoms with Crippen LogP contribution in [0.1, 0.15) is 44.4 Å². The van der Waals surface area contributed by atoms with Gasteiger partial charge in [-0.1, -0.05) is 45.0 Å². The Morgan fingerprint density at radius 3 is 2.46 bits per heavy atom. The maximum Gasteiger partial charge on any atom is 0.407 e.